The molecule has 2 rings (SSSR count). The molecule has 2 aromatic rings. The minimum Gasteiger partial charge on any atom is -0.493 e. The molecule has 0 unspecified atom stereocenters. The first-order valence-corrected chi connectivity index (χ1v) is 8.65. The maximum Gasteiger partial charge on any atom is 0.163 e. The van der Waals surface area contributed by atoms with Crippen molar-refractivity contribution >= 4 is 11.6 Å². The van der Waals surface area contributed by atoms with E-state index in [0.29, 0.717) is 48.4 Å². The standard InChI is InChI=1S/C19H23ClFNO4/c1-24-18-10-15(12-22-6-8-25-9-7-23)16(20)11-19(18)26-13-14-4-2-3-5-17(14)21/h2-5,10-11,22-23H,6-9,12-13H2,1H3. The highest BCUT2D eigenvalue weighted by Crippen LogP contribution is 2.34. The average Bonchev–Trinajstić information content (AvgIpc) is 2.65. The third-order valence-corrected chi connectivity index (χ3v) is 4.00. The van der Waals surface area contributed by atoms with Crippen LogP contribution in [0.15, 0.2) is 36.4 Å². The number of halogens is 2. The Morgan fingerprint density at radius 2 is 1.92 bits per heavy atom. The second kappa shape index (κ2) is 11.0. The summed E-state index contributed by atoms with van der Waals surface area (Å²) in [6, 6.07) is 9.90. The van der Waals surface area contributed by atoms with Crippen LogP contribution in [0.1, 0.15) is 11.1 Å². The van der Waals surface area contributed by atoms with Gasteiger partial charge in [-0.3, -0.25) is 0 Å². The number of benzene rings is 2. The van der Waals surface area contributed by atoms with Crippen LogP contribution in [-0.2, 0) is 17.9 Å². The molecular weight excluding hydrogens is 361 g/mol. The van der Waals surface area contributed by atoms with Gasteiger partial charge in [-0.1, -0.05) is 29.8 Å². The molecule has 0 aliphatic rings. The second-order valence-electron chi connectivity index (χ2n) is 5.49. The first-order valence-electron chi connectivity index (χ1n) is 8.27. The molecular formula is C19H23ClFNO4. The molecule has 26 heavy (non-hydrogen) atoms. The zero-order valence-electron chi connectivity index (χ0n) is 14.6. The fraction of sp³-hybridized carbons (Fsp3) is 0.368. The summed E-state index contributed by atoms with van der Waals surface area (Å²) in [5, 5.41) is 12.4. The lowest BCUT2D eigenvalue weighted by molar-refractivity contribution is 0.0938. The van der Waals surface area contributed by atoms with Crippen molar-refractivity contribution in [2.75, 3.05) is 33.5 Å². The van der Waals surface area contributed by atoms with Crippen molar-refractivity contribution in [3.8, 4) is 11.5 Å². The van der Waals surface area contributed by atoms with Crippen LogP contribution >= 0.6 is 11.6 Å². The maximum atomic E-state index is 13.7. The number of methoxy groups -OCH3 is 1. The minimum atomic E-state index is -0.318. The van der Waals surface area contributed by atoms with E-state index in [0.717, 1.165) is 5.56 Å². The summed E-state index contributed by atoms with van der Waals surface area (Å²) in [5.74, 6) is 0.664. The number of nitrogens with one attached hydrogen (secondary N) is 1. The van der Waals surface area contributed by atoms with Gasteiger partial charge in [0.15, 0.2) is 11.5 Å². The number of rotatable bonds is 11. The smallest absolute Gasteiger partial charge is 0.163 e. The van der Waals surface area contributed by atoms with Gasteiger partial charge in [-0.15, -0.1) is 0 Å². The van der Waals surface area contributed by atoms with E-state index in [4.69, 9.17) is 30.9 Å². The molecule has 2 N–H and O–H groups in total. The predicted molar refractivity (Wildman–Crippen MR) is 98.3 cm³/mol. The van der Waals surface area contributed by atoms with Gasteiger partial charge >= 0.3 is 0 Å². The summed E-state index contributed by atoms with van der Waals surface area (Å²) < 4.78 is 29.9. The van der Waals surface area contributed by atoms with Crippen LogP contribution in [0.3, 0.4) is 0 Å². The van der Waals surface area contributed by atoms with Crippen LogP contribution in [0.25, 0.3) is 0 Å². The van der Waals surface area contributed by atoms with Crippen LogP contribution in [0.4, 0.5) is 4.39 Å². The van der Waals surface area contributed by atoms with Crippen LogP contribution in [0, 0.1) is 5.82 Å². The first-order chi connectivity index (χ1) is 12.7. The van der Waals surface area contributed by atoms with E-state index in [1.165, 1.54) is 6.07 Å². The van der Waals surface area contributed by atoms with Crippen LogP contribution < -0.4 is 14.8 Å². The monoisotopic (exact) mass is 383 g/mol. The van der Waals surface area contributed by atoms with Gasteiger partial charge in [0.05, 0.1) is 26.9 Å². The Bertz CT molecular complexity index is 699. The van der Waals surface area contributed by atoms with Gasteiger partial charge in [-0.2, -0.15) is 0 Å². The Morgan fingerprint density at radius 3 is 2.65 bits per heavy atom. The summed E-state index contributed by atoms with van der Waals surface area (Å²) >= 11 is 6.32. The molecule has 0 aromatic heterocycles. The van der Waals surface area contributed by atoms with E-state index in [1.54, 1.807) is 37.4 Å². The molecule has 0 atom stereocenters. The van der Waals surface area contributed by atoms with Gasteiger partial charge in [0.1, 0.15) is 12.4 Å². The molecule has 0 radical (unpaired) electrons. The van der Waals surface area contributed by atoms with E-state index in [9.17, 15) is 4.39 Å². The molecule has 5 nitrogen and oxygen atoms in total. The second-order valence-corrected chi connectivity index (χ2v) is 5.89. The third-order valence-electron chi connectivity index (χ3n) is 3.65. The Hall–Kier alpha value is -1.86. The summed E-state index contributed by atoms with van der Waals surface area (Å²) in [4.78, 5) is 0. The Morgan fingerprint density at radius 1 is 1.12 bits per heavy atom. The fourth-order valence-corrected chi connectivity index (χ4v) is 2.51. The summed E-state index contributed by atoms with van der Waals surface area (Å²) in [6.07, 6.45) is 0. The van der Waals surface area contributed by atoms with Crippen LogP contribution in [0.5, 0.6) is 11.5 Å². The van der Waals surface area contributed by atoms with Gasteiger partial charge in [0, 0.05) is 29.7 Å². The van der Waals surface area contributed by atoms with E-state index >= 15 is 0 Å². The van der Waals surface area contributed by atoms with Crippen molar-refractivity contribution in [2.24, 2.45) is 0 Å². The van der Waals surface area contributed by atoms with Gasteiger partial charge in [-0.25, -0.2) is 4.39 Å². The molecule has 0 heterocycles. The minimum absolute atomic E-state index is 0.0113. The Labute approximate surface area is 157 Å². The van der Waals surface area contributed by atoms with Crippen molar-refractivity contribution in [2.45, 2.75) is 13.2 Å². The Kier molecular flexibility index (Phi) is 8.64. The van der Waals surface area contributed by atoms with Gasteiger partial charge in [-0.05, 0) is 17.7 Å². The average molecular weight is 384 g/mol. The molecule has 142 valence electrons. The lowest BCUT2D eigenvalue weighted by Gasteiger charge is -2.14. The third kappa shape index (κ3) is 6.14. The highest BCUT2D eigenvalue weighted by Gasteiger charge is 2.12. The molecule has 2 aromatic carbocycles. The molecule has 0 aliphatic carbocycles. The maximum absolute atomic E-state index is 13.7. The van der Waals surface area contributed by atoms with E-state index in [-0.39, 0.29) is 19.0 Å². The molecule has 7 heteroatoms. The zero-order chi connectivity index (χ0) is 18.8. The normalized spacial score (nSPS) is 10.8. The predicted octanol–water partition coefficient (Wildman–Crippen LogP) is 3.17. The van der Waals surface area contributed by atoms with E-state index in [1.807, 2.05) is 0 Å². The zero-order valence-corrected chi connectivity index (χ0v) is 15.4. The van der Waals surface area contributed by atoms with Crippen molar-refractivity contribution in [3.63, 3.8) is 0 Å². The largest absolute Gasteiger partial charge is 0.493 e. The first kappa shape index (κ1) is 20.5. The van der Waals surface area contributed by atoms with Crippen molar-refractivity contribution in [1.82, 2.24) is 5.32 Å². The lowest BCUT2D eigenvalue weighted by atomic mass is 10.2. The fourth-order valence-electron chi connectivity index (χ4n) is 2.29. The topological polar surface area (TPSA) is 60.0 Å². The van der Waals surface area contributed by atoms with Gasteiger partial charge < -0.3 is 24.6 Å². The van der Waals surface area contributed by atoms with Crippen LogP contribution in [0.2, 0.25) is 5.02 Å². The number of hydrogen-bond donors (Lipinski definition) is 2. The number of hydrogen-bond acceptors (Lipinski definition) is 5. The SMILES string of the molecule is COc1cc(CNCCOCCO)c(Cl)cc1OCc1ccccc1F. The molecule has 0 amide bonds. The Balaban J connectivity index is 1.96. The van der Waals surface area contributed by atoms with E-state index < -0.39 is 0 Å². The van der Waals surface area contributed by atoms with Crippen molar-refractivity contribution in [3.05, 3.63) is 58.4 Å². The molecule has 0 saturated carbocycles. The molecule has 0 fully saturated rings. The number of aliphatic hydroxyl groups is 1. The summed E-state index contributed by atoms with van der Waals surface area (Å²) in [6.45, 7) is 2.08. The highest BCUT2D eigenvalue weighted by molar-refractivity contribution is 6.31. The van der Waals surface area contributed by atoms with Crippen molar-refractivity contribution in [1.29, 1.82) is 0 Å². The lowest BCUT2D eigenvalue weighted by Crippen LogP contribution is -2.20. The van der Waals surface area contributed by atoms with Gasteiger partial charge in [0.2, 0.25) is 0 Å². The van der Waals surface area contributed by atoms with Crippen molar-refractivity contribution < 1.29 is 23.7 Å². The van der Waals surface area contributed by atoms with Gasteiger partial charge in [0.25, 0.3) is 0 Å². The number of aliphatic hydroxyl groups excluding tert-OH is 1. The summed E-state index contributed by atoms with van der Waals surface area (Å²) in [5.41, 5.74) is 1.31. The van der Waals surface area contributed by atoms with Crippen LogP contribution in [-0.4, -0.2) is 38.6 Å². The highest BCUT2D eigenvalue weighted by atomic mass is 35.5. The summed E-state index contributed by atoms with van der Waals surface area (Å²) in [7, 11) is 1.54. The quantitative estimate of drug-likeness (QED) is 0.584. The molecule has 0 aliphatic heterocycles. The molecule has 0 spiro atoms. The molecule has 0 bridgehead atoms. The van der Waals surface area contributed by atoms with E-state index in [2.05, 4.69) is 5.32 Å². The number of ether oxygens (including phenoxy) is 3. The molecule has 0 saturated heterocycles.